The van der Waals surface area contributed by atoms with Gasteiger partial charge < -0.3 is 20.1 Å². The quantitative estimate of drug-likeness (QED) is 0.298. The lowest BCUT2D eigenvalue weighted by Gasteiger charge is -2.44. The first-order valence-corrected chi connectivity index (χ1v) is 13.1. The van der Waals surface area contributed by atoms with Gasteiger partial charge in [-0.25, -0.2) is 0 Å². The van der Waals surface area contributed by atoms with Crippen molar-refractivity contribution < 1.29 is 9.47 Å². The minimum atomic E-state index is -0.0512. The minimum absolute atomic E-state index is 0.0512. The van der Waals surface area contributed by atoms with Crippen molar-refractivity contribution in [3.63, 3.8) is 0 Å². The van der Waals surface area contributed by atoms with Crippen LogP contribution in [-0.4, -0.2) is 40.8 Å². The van der Waals surface area contributed by atoms with Crippen LogP contribution in [0.4, 0.5) is 5.69 Å². The number of nitrogens with two attached hydrogens (primary N) is 1. The Labute approximate surface area is 221 Å². The summed E-state index contributed by atoms with van der Waals surface area (Å²) in [5.41, 5.74) is 10.3. The van der Waals surface area contributed by atoms with Crippen LogP contribution in [0.3, 0.4) is 0 Å². The van der Waals surface area contributed by atoms with Crippen molar-refractivity contribution in [1.29, 1.82) is 5.41 Å². The topological polar surface area (TPSA) is 84.5 Å². The van der Waals surface area contributed by atoms with Gasteiger partial charge in [-0.2, -0.15) is 0 Å². The van der Waals surface area contributed by atoms with Gasteiger partial charge in [0.25, 0.3) is 0 Å². The van der Waals surface area contributed by atoms with Crippen molar-refractivity contribution in [3.8, 4) is 11.5 Å². The molecule has 5 rings (SSSR count). The summed E-state index contributed by atoms with van der Waals surface area (Å²) in [5, 5.41) is 9.78. The summed E-state index contributed by atoms with van der Waals surface area (Å²) in [6.45, 7) is 5.67. The summed E-state index contributed by atoms with van der Waals surface area (Å²) >= 11 is 12.4. The van der Waals surface area contributed by atoms with E-state index in [2.05, 4.69) is 22.9 Å². The number of fused-ring (bicyclic) bond motifs is 1. The van der Waals surface area contributed by atoms with Gasteiger partial charge in [-0.15, -0.1) is 0 Å². The molecule has 36 heavy (non-hydrogen) atoms. The number of likely N-dealkylation sites (tertiary alicyclic amines) is 1. The highest BCUT2D eigenvalue weighted by Crippen LogP contribution is 2.40. The third-order valence-electron chi connectivity index (χ3n) is 7.37. The fourth-order valence-corrected chi connectivity index (χ4v) is 5.51. The molecular weight excluding hydrogens is 495 g/mol. The summed E-state index contributed by atoms with van der Waals surface area (Å²) in [5.74, 6) is 1.52. The fourth-order valence-electron chi connectivity index (χ4n) is 5.03. The average Bonchev–Trinajstić information content (AvgIpc) is 2.89. The van der Waals surface area contributed by atoms with E-state index < -0.39 is 0 Å². The first kappa shape index (κ1) is 24.9. The molecule has 1 spiro atoms. The Bertz CT molecular complexity index is 1270. The molecule has 188 valence electrons. The summed E-state index contributed by atoms with van der Waals surface area (Å²) in [6, 6.07) is 11.3. The van der Waals surface area contributed by atoms with Crippen LogP contribution in [0, 0.1) is 5.41 Å². The lowest BCUT2D eigenvalue weighted by Crippen LogP contribution is -2.49. The number of pyridine rings is 1. The third-order valence-corrected chi connectivity index (χ3v) is 8.02. The van der Waals surface area contributed by atoms with Crippen molar-refractivity contribution in [1.82, 2.24) is 9.88 Å². The average molecular weight is 525 g/mol. The molecule has 2 aliphatic rings. The van der Waals surface area contributed by atoms with Crippen molar-refractivity contribution in [2.75, 3.05) is 25.4 Å². The van der Waals surface area contributed by atoms with Crippen LogP contribution in [0.25, 0.3) is 0 Å². The smallest absolute Gasteiger partial charge is 0.123 e. The van der Waals surface area contributed by atoms with Crippen LogP contribution in [0.1, 0.15) is 48.4 Å². The van der Waals surface area contributed by atoms with Crippen LogP contribution in [0.5, 0.6) is 11.5 Å². The highest BCUT2D eigenvalue weighted by molar-refractivity contribution is 6.35. The zero-order valence-corrected chi connectivity index (χ0v) is 21.8. The highest BCUT2D eigenvalue weighted by atomic mass is 35.5. The second-order valence-corrected chi connectivity index (χ2v) is 10.4. The number of halogens is 2. The third kappa shape index (κ3) is 5.03. The summed E-state index contributed by atoms with van der Waals surface area (Å²) in [7, 11) is 0. The monoisotopic (exact) mass is 524 g/mol. The van der Waals surface area contributed by atoms with Gasteiger partial charge in [0.05, 0.1) is 15.8 Å². The number of nitrogens with one attached hydrogen (secondary N) is 1. The Morgan fingerprint density at radius 2 is 1.86 bits per heavy atom. The highest BCUT2D eigenvalue weighted by Gasteiger charge is 2.39. The molecule has 3 heterocycles. The Kier molecular flexibility index (Phi) is 7.11. The SMILES string of the molecule is CCN1CCC2(CCc3cc(C(=N)c4cc(OCc5c(Cl)cncc5Cl)ccc4N)ccc3O2)CC1. The molecule has 8 heteroatoms. The standard InChI is InChI=1S/C28H30Cl2N4O2/c1-2-34-11-9-28(10-12-34)8-7-18-13-19(3-6-26(18)36-28)27(32)21-14-20(4-5-25(21)31)35-17-22-23(29)15-33-16-24(22)30/h3-6,13-16,32H,2,7-12,17,31H2,1H3. The van der Waals surface area contributed by atoms with Gasteiger partial charge in [0.15, 0.2) is 0 Å². The van der Waals surface area contributed by atoms with E-state index in [1.54, 1.807) is 18.2 Å². The van der Waals surface area contributed by atoms with Crippen LogP contribution in [-0.2, 0) is 13.0 Å². The van der Waals surface area contributed by atoms with E-state index in [0.717, 1.165) is 62.2 Å². The molecule has 1 saturated heterocycles. The minimum Gasteiger partial charge on any atom is -0.489 e. The molecular formula is C28H30Cl2N4O2. The molecule has 2 aromatic carbocycles. The lowest BCUT2D eigenvalue weighted by molar-refractivity contribution is -0.0132. The van der Waals surface area contributed by atoms with E-state index in [9.17, 15) is 0 Å². The number of hydrogen-bond donors (Lipinski definition) is 2. The summed E-state index contributed by atoms with van der Waals surface area (Å²) < 4.78 is 12.5. The molecule has 0 unspecified atom stereocenters. The predicted octanol–water partition coefficient (Wildman–Crippen LogP) is 6.15. The van der Waals surface area contributed by atoms with E-state index in [0.29, 0.717) is 38.3 Å². The number of hydrogen-bond acceptors (Lipinski definition) is 6. The Balaban J connectivity index is 1.32. The van der Waals surface area contributed by atoms with Crippen LogP contribution in [0.15, 0.2) is 48.8 Å². The predicted molar refractivity (Wildman–Crippen MR) is 145 cm³/mol. The lowest BCUT2D eigenvalue weighted by atomic mass is 9.82. The van der Waals surface area contributed by atoms with E-state index in [4.69, 9.17) is 43.8 Å². The molecule has 6 nitrogen and oxygen atoms in total. The maximum absolute atomic E-state index is 8.89. The second-order valence-electron chi connectivity index (χ2n) is 9.54. The van der Waals surface area contributed by atoms with E-state index in [1.807, 2.05) is 12.1 Å². The number of ether oxygens (including phenoxy) is 2. The molecule has 0 aliphatic carbocycles. The normalized spacial score (nSPS) is 16.9. The second kappa shape index (κ2) is 10.3. The van der Waals surface area contributed by atoms with Crippen LogP contribution < -0.4 is 15.2 Å². The van der Waals surface area contributed by atoms with Gasteiger partial charge in [-0.05, 0) is 74.2 Å². The maximum atomic E-state index is 8.89. The van der Waals surface area contributed by atoms with Crippen LogP contribution >= 0.6 is 23.2 Å². The first-order chi connectivity index (χ1) is 17.4. The van der Waals surface area contributed by atoms with Crippen molar-refractivity contribution in [3.05, 3.63) is 81.1 Å². The maximum Gasteiger partial charge on any atom is 0.123 e. The zero-order chi connectivity index (χ0) is 25.3. The number of nitrogens with zero attached hydrogens (tertiary/aromatic N) is 2. The largest absolute Gasteiger partial charge is 0.489 e. The molecule has 0 radical (unpaired) electrons. The first-order valence-electron chi connectivity index (χ1n) is 12.3. The number of anilines is 1. The van der Waals surface area contributed by atoms with Gasteiger partial charge in [-0.1, -0.05) is 30.1 Å². The molecule has 3 aromatic rings. The van der Waals surface area contributed by atoms with E-state index >= 15 is 0 Å². The van der Waals surface area contributed by atoms with Crippen molar-refractivity contribution >= 4 is 34.6 Å². The Morgan fingerprint density at radius 1 is 1.11 bits per heavy atom. The van der Waals surface area contributed by atoms with E-state index in [1.165, 1.54) is 12.4 Å². The van der Waals surface area contributed by atoms with Gasteiger partial charge in [0.1, 0.15) is 23.7 Å². The zero-order valence-electron chi connectivity index (χ0n) is 20.3. The van der Waals surface area contributed by atoms with Gasteiger partial charge >= 0.3 is 0 Å². The van der Waals surface area contributed by atoms with Gasteiger partial charge in [-0.3, -0.25) is 10.4 Å². The number of aryl methyl sites for hydroxylation is 1. The molecule has 0 amide bonds. The Hall–Kier alpha value is -2.80. The number of rotatable bonds is 6. The van der Waals surface area contributed by atoms with E-state index in [-0.39, 0.29) is 12.2 Å². The fraction of sp³-hybridized carbons (Fsp3) is 0.357. The van der Waals surface area contributed by atoms with Crippen molar-refractivity contribution in [2.24, 2.45) is 0 Å². The molecule has 0 atom stereocenters. The molecule has 1 fully saturated rings. The molecule has 2 aliphatic heterocycles. The number of benzene rings is 2. The van der Waals surface area contributed by atoms with Crippen molar-refractivity contribution in [2.45, 2.75) is 44.8 Å². The molecule has 3 N–H and O–H groups in total. The molecule has 1 aromatic heterocycles. The molecule has 0 bridgehead atoms. The summed E-state index contributed by atoms with van der Waals surface area (Å²) in [4.78, 5) is 6.45. The van der Waals surface area contributed by atoms with Crippen LogP contribution in [0.2, 0.25) is 10.0 Å². The number of piperidine rings is 1. The molecule has 0 saturated carbocycles. The summed E-state index contributed by atoms with van der Waals surface area (Å²) in [6.07, 6.45) is 7.17. The van der Waals surface area contributed by atoms with Gasteiger partial charge in [0, 0.05) is 47.9 Å². The Morgan fingerprint density at radius 3 is 2.58 bits per heavy atom. The number of nitrogen functional groups attached to an aromatic ring is 1. The van der Waals surface area contributed by atoms with Gasteiger partial charge in [0.2, 0.25) is 0 Å². The number of aromatic nitrogens is 1.